The second kappa shape index (κ2) is 3.48. The van der Waals surface area contributed by atoms with E-state index in [0.717, 1.165) is 0 Å². The van der Waals surface area contributed by atoms with Gasteiger partial charge in [0.05, 0.1) is 16.9 Å². The summed E-state index contributed by atoms with van der Waals surface area (Å²) in [7, 11) is -3.31. The molecule has 1 aliphatic heterocycles. The number of carboxylic acid groups (broad SMARTS) is 1. The molecule has 0 spiro atoms. The molecule has 0 aromatic heterocycles. The zero-order chi connectivity index (χ0) is 11.9. The Morgan fingerprint density at radius 3 is 2.69 bits per heavy atom. The molecule has 1 aliphatic rings. The Balaban J connectivity index is 2.46. The van der Waals surface area contributed by atoms with Gasteiger partial charge < -0.3 is 5.11 Å². The van der Waals surface area contributed by atoms with E-state index in [1.807, 2.05) is 4.72 Å². The molecule has 0 atom stereocenters. The van der Waals surface area contributed by atoms with E-state index in [-0.39, 0.29) is 16.9 Å². The van der Waals surface area contributed by atoms with Crippen LogP contribution in [-0.4, -0.2) is 26.1 Å². The molecule has 1 heterocycles. The first-order valence-corrected chi connectivity index (χ1v) is 5.90. The van der Waals surface area contributed by atoms with Crippen LogP contribution in [0, 0.1) is 0 Å². The van der Waals surface area contributed by atoms with Crippen LogP contribution in [0.3, 0.4) is 0 Å². The van der Waals surface area contributed by atoms with Crippen LogP contribution in [0.4, 0.5) is 0 Å². The zero-order valence-corrected chi connectivity index (χ0v) is 8.82. The minimum atomic E-state index is -3.31. The van der Waals surface area contributed by atoms with Gasteiger partial charge in [0, 0.05) is 0 Å². The topological polar surface area (TPSA) is 107 Å². The quantitative estimate of drug-likeness (QED) is 0.621. The highest BCUT2D eigenvalue weighted by Crippen LogP contribution is 2.50. The van der Waals surface area contributed by atoms with Crippen LogP contribution in [0.15, 0.2) is 23.1 Å². The number of carbonyl (C=O) groups is 2. The van der Waals surface area contributed by atoms with Crippen molar-refractivity contribution >= 4 is 22.7 Å². The van der Waals surface area contributed by atoms with Gasteiger partial charge in [-0.25, -0.2) is 4.72 Å². The van der Waals surface area contributed by atoms with Gasteiger partial charge in [-0.05, 0) is 17.7 Å². The molecule has 4 N–H and O–H groups in total. The van der Waals surface area contributed by atoms with Crippen molar-refractivity contribution in [2.24, 2.45) is 0 Å². The Kier molecular flexibility index (Phi) is 2.38. The number of aliphatic carboxylic acids is 1. The highest BCUT2D eigenvalue weighted by atomic mass is 32.3. The maximum absolute atomic E-state index is 11.3. The van der Waals surface area contributed by atoms with E-state index in [4.69, 9.17) is 5.11 Å². The minimum Gasteiger partial charge on any atom is -0.481 e. The number of nitrogens with one attached hydrogen (secondary N) is 1. The summed E-state index contributed by atoms with van der Waals surface area (Å²) in [5.74, 6) is -1.58. The highest BCUT2D eigenvalue weighted by Gasteiger charge is 2.32. The molecule has 16 heavy (non-hydrogen) atoms. The van der Waals surface area contributed by atoms with Gasteiger partial charge in [-0.15, -0.1) is 0 Å². The van der Waals surface area contributed by atoms with Crippen LogP contribution in [0.25, 0.3) is 0 Å². The number of hydrogen-bond donors (Lipinski definition) is 4. The largest absolute Gasteiger partial charge is 0.481 e. The van der Waals surface area contributed by atoms with E-state index in [1.54, 1.807) is 0 Å². The van der Waals surface area contributed by atoms with Crippen molar-refractivity contribution < 1.29 is 23.8 Å². The molecule has 0 aliphatic carbocycles. The molecule has 6 nitrogen and oxygen atoms in total. The van der Waals surface area contributed by atoms with Gasteiger partial charge in [-0.3, -0.25) is 18.7 Å². The Bertz CT molecular complexity index is 485. The predicted octanol–water partition coefficient (Wildman–Crippen LogP) is 1.08. The fraction of sp³-hybridized carbons (Fsp3) is 0.111. The number of rotatable bonds is 2. The summed E-state index contributed by atoms with van der Waals surface area (Å²) in [6.45, 7) is 0. The van der Waals surface area contributed by atoms with Crippen LogP contribution in [0.1, 0.15) is 15.9 Å². The standard InChI is InChI=1S/C9H9NO5S/c11-8(12)4-5-1-2-6-7(3-5)16(14,15)10-9(6)13/h1-3,14-15H,4H2,(H,10,13)(H,11,12). The number of carboxylic acids is 1. The number of hydrogen-bond acceptors (Lipinski definition) is 4. The van der Waals surface area contributed by atoms with E-state index in [9.17, 15) is 18.7 Å². The van der Waals surface area contributed by atoms with Crippen LogP contribution < -0.4 is 4.72 Å². The van der Waals surface area contributed by atoms with E-state index in [1.165, 1.54) is 18.2 Å². The van der Waals surface area contributed by atoms with Crippen LogP contribution in [0.2, 0.25) is 0 Å². The van der Waals surface area contributed by atoms with Crippen molar-refractivity contribution in [1.82, 2.24) is 4.72 Å². The lowest BCUT2D eigenvalue weighted by molar-refractivity contribution is -0.136. The molecule has 1 aromatic rings. The molecule has 86 valence electrons. The summed E-state index contributed by atoms with van der Waals surface area (Å²) >= 11 is 0. The van der Waals surface area contributed by atoms with Crippen LogP contribution in [-0.2, 0) is 11.2 Å². The van der Waals surface area contributed by atoms with Gasteiger partial charge in [-0.1, -0.05) is 16.8 Å². The van der Waals surface area contributed by atoms with E-state index in [2.05, 4.69) is 0 Å². The molecule has 0 bridgehead atoms. The summed E-state index contributed by atoms with van der Waals surface area (Å²) < 4.78 is 21.1. The van der Waals surface area contributed by atoms with Gasteiger partial charge in [-0.2, -0.15) is 0 Å². The molecule has 0 fully saturated rings. The van der Waals surface area contributed by atoms with Gasteiger partial charge in [0.25, 0.3) is 5.91 Å². The first-order valence-electron chi connectivity index (χ1n) is 4.35. The molecule has 0 saturated carbocycles. The lowest BCUT2D eigenvalue weighted by Crippen LogP contribution is -2.17. The summed E-state index contributed by atoms with van der Waals surface area (Å²) in [4.78, 5) is 21.8. The SMILES string of the molecule is O=C(O)Cc1ccc2c(c1)S(O)(O)NC2=O. The van der Waals surface area contributed by atoms with Gasteiger partial charge in [0.2, 0.25) is 0 Å². The van der Waals surface area contributed by atoms with Crippen LogP contribution >= 0.6 is 10.8 Å². The Hall–Kier alpha value is -1.57. The summed E-state index contributed by atoms with van der Waals surface area (Å²) in [6, 6.07) is 4.20. The molecule has 7 heteroatoms. The number of amides is 1. The van der Waals surface area contributed by atoms with E-state index < -0.39 is 22.7 Å². The molecular formula is C9H9NO5S. The third-order valence-electron chi connectivity index (χ3n) is 2.19. The zero-order valence-electron chi connectivity index (χ0n) is 8.01. The molecular weight excluding hydrogens is 234 g/mol. The Morgan fingerprint density at radius 1 is 1.38 bits per heavy atom. The fourth-order valence-electron chi connectivity index (χ4n) is 1.51. The second-order valence-corrected chi connectivity index (χ2v) is 5.12. The third kappa shape index (κ3) is 1.75. The first kappa shape index (κ1) is 10.9. The van der Waals surface area contributed by atoms with Gasteiger partial charge in [0.15, 0.2) is 0 Å². The molecule has 1 amide bonds. The number of fused-ring (bicyclic) bond motifs is 1. The minimum absolute atomic E-state index is 0.0660. The summed E-state index contributed by atoms with van der Waals surface area (Å²) in [5.41, 5.74) is 0.594. The van der Waals surface area contributed by atoms with Crippen molar-refractivity contribution in [3.05, 3.63) is 29.3 Å². The van der Waals surface area contributed by atoms with Crippen molar-refractivity contribution in [3.63, 3.8) is 0 Å². The lowest BCUT2D eigenvalue weighted by atomic mass is 10.1. The maximum atomic E-state index is 11.3. The maximum Gasteiger partial charge on any atom is 0.307 e. The van der Waals surface area contributed by atoms with Crippen molar-refractivity contribution in [2.75, 3.05) is 0 Å². The van der Waals surface area contributed by atoms with Crippen LogP contribution in [0.5, 0.6) is 0 Å². The molecule has 0 unspecified atom stereocenters. The normalized spacial score (nSPS) is 18.8. The number of benzene rings is 1. The van der Waals surface area contributed by atoms with Gasteiger partial charge >= 0.3 is 5.97 Å². The number of carbonyl (C=O) groups excluding carboxylic acids is 1. The van der Waals surface area contributed by atoms with Crippen molar-refractivity contribution in [3.8, 4) is 0 Å². The fourth-order valence-corrected chi connectivity index (χ4v) is 2.78. The average molecular weight is 243 g/mol. The van der Waals surface area contributed by atoms with Gasteiger partial charge in [0.1, 0.15) is 0 Å². The Morgan fingerprint density at radius 2 is 2.06 bits per heavy atom. The highest BCUT2D eigenvalue weighted by molar-refractivity contribution is 8.23. The molecule has 0 radical (unpaired) electrons. The third-order valence-corrected chi connectivity index (χ3v) is 3.61. The molecule has 0 saturated heterocycles. The average Bonchev–Trinajstić information content (AvgIpc) is 2.36. The Labute approximate surface area is 92.4 Å². The monoisotopic (exact) mass is 243 g/mol. The molecule has 1 aromatic carbocycles. The van der Waals surface area contributed by atoms with Crippen molar-refractivity contribution in [1.29, 1.82) is 0 Å². The summed E-state index contributed by atoms with van der Waals surface area (Å²) in [5, 5.41) is 8.60. The lowest BCUT2D eigenvalue weighted by Gasteiger charge is -2.26. The summed E-state index contributed by atoms with van der Waals surface area (Å²) in [6.07, 6.45) is -0.225. The van der Waals surface area contributed by atoms with E-state index in [0.29, 0.717) is 5.56 Å². The first-order chi connectivity index (χ1) is 7.40. The second-order valence-electron chi connectivity index (χ2n) is 3.38. The predicted molar refractivity (Wildman–Crippen MR) is 56.4 cm³/mol. The smallest absolute Gasteiger partial charge is 0.307 e. The molecule has 2 rings (SSSR count). The van der Waals surface area contributed by atoms with E-state index >= 15 is 0 Å². The van der Waals surface area contributed by atoms with Crippen molar-refractivity contribution in [2.45, 2.75) is 11.3 Å².